The summed E-state index contributed by atoms with van der Waals surface area (Å²) in [5.41, 5.74) is 3.48. The molecule has 1 saturated carbocycles. The lowest BCUT2D eigenvalue weighted by Gasteiger charge is -2.40. The molecule has 0 unspecified atom stereocenters. The number of piperazine rings is 1. The molecule has 3 rings (SSSR count). The normalized spacial score (nSPS) is 20.2. The van der Waals surface area contributed by atoms with Crippen LogP contribution in [0.25, 0.3) is 0 Å². The zero-order chi connectivity index (χ0) is 18.7. The molecular formula is C21H31N3O2. The Morgan fingerprint density at radius 3 is 2.58 bits per heavy atom. The van der Waals surface area contributed by atoms with E-state index in [4.69, 9.17) is 0 Å². The fourth-order valence-corrected chi connectivity index (χ4v) is 4.22. The van der Waals surface area contributed by atoms with Crippen LogP contribution in [0.3, 0.4) is 0 Å². The zero-order valence-electron chi connectivity index (χ0n) is 16.3. The fraction of sp³-hybridized carbons (Fsp3) is 0.619. The highest BCUT2D eigenvalue weighted by Gasteiger charge is 2.32. The first-order chi connectivity index (χ1) is 12.5. The Morgan fingerprint density at radius 2 is 1.88 bits per heavy atom. The number of carbonyl (C=O) groups excluding carboxylic acids is 2. The second-order valence-corrected chi connectivity index (χ2v) is 7.83. The van der Waals surface area contributed by atoms with E-state index in [0.717, 1.165) is 18.4 Å². The third-order valence-electron chi connectivity index (χ3n) is 5.80. The second kappa shape index (κ2) is 8.11. The number of urea groups is 1. The molecule has 26 heavy (non-hydrogen) atoms. The van der Waals surface area contributed by atoms with E-state index in [9.17, 15) is 9.59 Å². The third-order valence-corrected chi connectivity index (χ3v) is 5.80. The van der Waals surface area contributed by atoms with Crippen LogP contribution in [0.5, 0.6) is 0 Å². The minimum Gasteiger partial charge on any atom is -0.336 e. The molecule has 1 saturated heterocycles. The number of hydrogen-bond donors (Lipinski definition) is 1. The number of nitrogens with zero attached hydrogens (tertiary/aromatic N) is 2. The van der Waals surface area contributed by atoms with E-state index < -0.39 is 0 Å². The molecule has 1 aromatic carbocycles. The Hall–Kier alpha value is -2.04. The first kappa shape index (κ1) is 18.7. The topological polar surface area (TPSA) is 52.7 Å². The van der Waals surface area contributed by atoms with Crippen molar-refractivity contribution in [2.24, 2.45) is 0 Å². The molecule has 0 spiro atoms. The van der Waals surface area contributed by atoms with Crippen molar-refractivity contribution < 1.29 is 9.59 Å². The highest BCUT2D eigenvalue weighted by molar-refractivity contribution is 5.85. The van der Waals surface area contributed by atoms with Crippen LogP contribution in [0.1, 0.15) is 61.8 Å². The summed E-state index contributed by atoms with van der Waals surface area (Å²) in [6.07, 6.45) is 5.94. The predicted octanol–water partition coefficient (Wildman–Crippen LogP) is 3.55. The smallest absolute Gasteiger partial charge is 0.318 e. The number of aryl methyl sites for hydroxylation is 2. The minimum absolute atomic E-state index is 0.0751. The van der Waals surface area contributed by atoms with Crippen molar-refractivity contribution in [3.63, 3.8) is 0 Å². The molecule has 2 fully saturated rings. The Bertz CT molecular complexity index is 667. The van der Waals surface area contributed by atoms with Crippen LogP contribution in [0.2, 0.25) is 0 Å². The summed E-state index contributed by atoms with van der Waals surface area (Å²) in [5, 5.41) is 3.07. The third kappa shape index (κ3) is 4.19. The van der Waals surface area contributed by atoms with Crippen molar-refractivity contribution in [1.29, 1.82) is 0 Å². The molecule has 1 atom stereocenters. The molecule has 1 aromatic rings. The Balaban J connectivity index is 1.57. The SMILES string of the molecule is Cc1ccc(C)c([C@H](C)NC(=O)N2CCN(C3CCCCC3)C(=O)C2)c1. The van der Waals surface area contributed by atoms with Gasteiger partial charge in [-0.25, -0.2) is 4.79 Å². The van der Waals surface area contributed by atoms with E-state index in [1.165, 1.54) is 30.4 Å². The summed E-state index contributed by atoms with van der Waals surface area (Å²) in [4.78, 5) is 28.9. The maximum Gasteiger partial charge on any atom is 0.318 e. The Labute approximate surface area is 156 Å². The summed E-state index contributed by atoms with van der Waals surface area (Å²) in [5.74, 6) is 0.0951. The first-order valence-corrected chi connectivity index (χ1v) is 9.88. The molecule has 1 N–H and O–H groups in total. The summed E-state index contributed by atoms with van der Waals surface area (Å²) >= 11 is 0. The lowest BCUT2D eigenvalue weighted by Crippen LogP contribution is -2.57. The van der Waals surface area contributed by atoms with Crippen molar-refractivity contribution in [1.82, 2.24) is 15.1 Å². The number of amides is 3. The summed E-state index contributed by atoms with van der Waals surface area (Å²) in [6.45, 7) is 7.59. The molecule has 1 aliphatic heterocycles. The van der Waals surface area contributed by atoms with E-state index in [0.29, 0.717) is 19.1 Å². The van der Waals surface area contributed by atoms with Crippen molar-refractivity contribution in [2.75, 3.05) is 19.6 Å². The Morgan fingerprint density at radius 1 is 1.15 bits per heavy atom. The van der Waals surface area contributed by atoms with Gasteiger partial charge in [-0.15, -0.1) is 0 Å². The standard InChI is InChI=1S/C21H31N3O2/c1-15-9-10-16(2)19(13-15)17(3)22-21(26)23-11-12-24(20(25)14-23)18-7-5-4-6-8-18/h9-10,13,17-18H,4-8,11-12,14H2,1-3H3,(H,22,26)/t17-/m0/s1. The van der Waals surface area contributed by atoms with E-state index in [-0.39, 0.29) is 24.5 Å². The molecule has 1 heterocycles. The monoisotopic (exact) mass is 357 g/mol. The molecule has 0 aromatic heterocycles. The molecule has 1 aliphatic carbocycles. The fourth-order valence-electron chi connectivity index (χ4n) is 4.22. The van der Waals surface area contributed by atoms with Gasteiger partial charge in [0, 0.05) is 19.1 Å². The summed E-state index contributed by atoms with van der Waals surface area (Å²) in [7, 11) is 0. The number of benzene rings is 1. The quantitative estimate of drug-likeness (QED) is 0.899. The van der Waals surface area contributed by atoms with Crippen LogP contribution in [-0.2, 0) is 4.79 Å². The molecule has 0 bridgehead atoms. The summed E-state index contributed by atoms with van der Waals surface area (Å²) in [6, 6.07) is 6.45. The van der Waals surface area contributed by atoms with Gasteiger partial charge in [-0.3, -0.25) is 4.79 Å². The van der Waals surface area contributed by atoms with E-state index in [2.05, 4.69) is 37.4 Å². The average molecular weight is 357 g/mol. The van der Waals surface area contributed by atoms with Crippen LogP contribution in [0, 0.1) is 13.8 Å². The van der Waals surface area contributed by atoms with Crippen LogP contribution in [0.15, 0.2) is 18.2 Å². The van der Waals surface area contributed by atoms with Gasteiger partial charge in [-0.1, -0.05) is 43.0 Å². The van der Waals surface area contributed by atoms with E-state index in [1.807, 2.05) is 11.8 Å². The minimum atomic E-state index is -0.143. The highest BCUT2D eigenvalue weighted by atomic mass is 16.2. The van der Waals surface area contributed by atoms with Gasteiger partial charge in [-0.05, 0) is 44.7 Å². The van der Waals surface area contributed by atoms with Crippen molar-refractivity contribution in [3.8, 4) is 0 Å². The van der Waals surface area contributed by atoms with Gasteiger partial charge in [-0.2, -0.15) is 0 Å². The van der Waals surface area contributed by atoms with Crippen molar-refractivity contribution >= 4 is 11.9 Å². The zero-order valence-corrected chi connectivity index (χ0v) is 16.3. The van der Waals surface area contributed by atoms with E-state index in [1.54, 1.807) is 4.90 Å². The number of carbonyl (C=O) groups is 2. The number of rotatable bonds is 3. The predicted molar refractivity (Wildman–Crippen MR) is 103 cm³/mol. The van der Waals surface area contributed by atoms with Gasteiger partial charge in [0.15, 0.2) is 0 Å². The molecule has 5 nitrogen and oxygen atoms in total. The van der Waals surface area contributed by atoms with Gasteiger partial charge in [0.25, 0.3) is 0 Å². The van der Waals surface area contributed by atoms with Crippen LogP contribution in [-0.4, -0.2) is 47.4 Å². The number of hydrogen-bond acceptors (Lipinski definition) is 2. The van der Waals surface area contributed by atoms with Crippen LogP contribution >= 0.6 is 0 Å². The van der Waals surface area contributed by atoms with Gasteiger partial charge < -0.3 is 15.1 Å². The molecule has 5 heteroatoms. The number of nitrogens with one attached hydrogen (secondary N) is 1. The summed E-state index contributed by atoms with van der Waals surface area (Å²) < 4.78 is 0. The maximum absolute atomic E-state index is 12.7. The lowest BCUT2D eigenvalue weighted by atomic mass is 9.93. The molecule has 3 amide bonds. The molecule has 2 aliphatic rings. The molecule has 142 valence electrons. The molecular weight excluding hydrogens is 326 g/mol. The highest BCUT2D eigenvalue weighted by Crippen LogP contribution is 2.24. The van der Waals surface area contributed by atoms with Gasteiger partial charge in [0.05, 0.1) is 6.04 Å². The lowest BCUT2D eigenvalue weighted by molar-refractivity contribution is -0.138. The molecule has 0 radical (unpaired) electrons. The van der Waals surface area contributed by atoms with Gasteiger partial charge in [0.1, 0.15) is 6.54 Å². The first-order valence-electron chi connectivity index (χ1n) is 9.88. The van der Waals surface area contributed by atoms with Gasteiger partial charge in [0.2, 0.25) is 5.91 Å². The average Bonchev–Trinajstić information content (AvgIpc) is 2.64. The van der Waals surface area contributed by atoms with Crippen molar-refractivity contribution in [2.45, 2.75) is 65.0 Å². The van der Waals surface area contributed by atoms with Gasteiger partial charge >= 0.3 is 6.03 Å². The van der Waals surface area contributed by atoms with E-state index >= 15 is 0 Å². The maximum atomic E-state index is 12.7. The second-order valence-electron chi connectivity index (χ2n) is 7.83. The van der Waals surface area contributed by atoms with Crippen LogP contribution in [0.4, 0.5) is 4.79 Å². The Kier molecular flexibility index (Phi) is 5.84. The van der Waals surface area contributed by atoms with Crippen molar-refractivity contribution in [3.05, 3.63) is 34.9 Å². The largest absolute Gasteiger partial charge is 0.336 e. The van der Waals surface area contributed by atoms with Crippen LogP contribution < -0.4 is 5.32 Å².